The number of nitrogens with two attached hydrogens (primary N) is 1. The van der Waals surface area contributed by atoms with Gasteiger partial charge in [0.2, 0.25) is 5.91 Å². The van der Waals surface area contributed by atoms with Gasteiger partial charge in [0.25, 0.3) is 0 Å². The van der Waals surface area contributed by atoms with Crippen LogP contribution in [-0.4, -0.2) is 34.7 Å². The molecule has 1 rings (SSSR count). The standard InChI is InChI=1S/C15H20N2O5/c1-15(2,3)22-14(21)17-11(13(19)20)8-9-6-4-5-7-10(9)12(16)18/h4-7,11H,8H2,1-3H3,(H2,16,18)(H,17,21)(H,19,20)/t11-/m1/s1. The molecule has 1 atom stereocenters. The lowest BCUT2D eigenvalue weighted by molar-refractivity contribution is -0.139. The van der Waals surface area contributed by atoms with Crippen molar-refractivity contribution >= 4 is 18.0 Å². The maximum absolute atomic E-state index is 11.7. The van der Waals surface area contributed by atoms with Crippen LogP contribution in [0.2, 0.25) is 0 Å². The third-order valence-corrected chi connectivity index (χ3v) is 2.70. The van der Waals surface area contributed by atoms with E-state index in [1.807, 2.05) is 0 Å². The molecule has 0 bridgehead atoms. The van der Waals surface area contributed by atoms with Crippen molar-refractivity contribution in [1.29, 1.82) is 0 Å². The molecular formula is C15H20N2O5. The van der Waals surface area contributed by atoms with E-state index >= 15 is 0 Å². The summed E-state index contributed by atoms with van der Waals surface area (Å²) in [7, 11) is 0. The molecule has 7 heteroatoms. The Hall–Kier alpha value is -2.57. The van der Waals surface area contributed by atoms with Gasteiger partial charge in [-0.15, -0.1) is 0 Å². The van der Waals surface area contributed by atoms with Gasteiger partial charge in [0, 0.05) is 12.0 Å². The number of carboxylic acid groups (broad SMARTS) is 1. The third-order valence-electron chi connectivity index (χ3n) is 2.70. The van der Waals surface area contributed by atoms with E-state index in [2.05, 4.69) is 5.32 Å². The molecule has 1 aromatic carbocycles. The number of hydrogen-bond donors (Lipinski definition) is 3. The second kappa shape index (κ2) is 6.93. The largest absolute Gasteiger partial charge is 0.480 e. The minimum absolute atomic E-state index is 0.0757. The second-order valence-electron chi connectivity index (χ2n) is 5.76. The van der Waals surface area contributed by atoms with Gasteiger partial charge >= 0.3 is 12.1 Å². The number of aliphatic carboxylic acids is 1. The molecule has 0 aliphatic rings. The van der Waals surface area contributed by atoms with E-state index in [9.17, 15) is 19.5 Å². The summed E-state index contributed by atoms with van der Waals surface area (Å²) in [6.45, 7) is 5.01. The zero-order valence-corrected chi connectivity index (χ0v) is 12.8. The Morgan fingerprint density at radius 2 is 1.86 bits per heavy atom. The third kappa shape index (κ3) is 5.43. The summed E-state index contributed by atoms with van der Waals surface area (Å²) in [6.07, 6.45) is -0.912. The number of carboxylic acids is 1. The normalized spacial score (nSPS) is 12.3. The number of primary amides is 1. The van der Waals surface area contributed by atoms with E-state index in [1.165, 1.54) is 6.07 Å². The number of carbonyl (C=O) groups excluding carboxylic acids is 2. The molecule has 0 aliphatic heterocycles. The van der Waals surface area contributed by atoms with Crippen molar-refractivity contribution in [3.8, 4) is 0 Å². The average molecular weight is 308 g/mol. The Morgan fingerprint density at radius 1 is 1.27 bits per heavy atom. The van der Waals surface area contributed by atoms with Gasteiger partial charge in [-0.25, -0.2) is 9.59 Å². The van der Waals surface area contributed by atoms with Crippen molar-refractivity contribution in [2.45, 2.75) is 38.8 Å². The van der Waals surface area contributed by atoms with E-state index in [4.69, 9.17) is 10.5 Å². The van der Waals surface area contributed by atoms with Crippen molar-refractivity contribution in [1.82, 2.24) is 5.32 Å². The minimum atomic E-state index is -1.23. The van der Waals surface area contributed by atoms with Gasteiger partial charge in [0.15, 0.2) is 0 Å². The van der Waals surface area contributed by atoms with Crippen molar-refractivity contribution in [3.63, 3.8) is 0 Å². The SMILES string of the molecule is CC(C)(C)OC(=O)N[C@H](Cc1ccccc1C(N)=O)C(=O)O. The van der Waals surface area contributed by atoms with Crippen LogP contribution in [0.15, 0.2) is 24.3 Å². The topological polar surface area (TPSA) is 119 Å². The highest BCUT2D eigenvalue weighted by molar-refractivity contribution is 5.94. The fourth-order valence-corrected chi connectivity index (χ4v) is 1.81. The summed E-state index contributed by atoms with van der Waals surface area (Å²) in [6, 6.07) is 5.15. The lowest BCUT2D eigenvalue weighted by atomic mass is 10.00. The molecule has 2 amide bonds. The number of alkyl carbamates (subject to hydrolysis) is 1. The first-order chi connectivity index (χ1) is 10.1. The summed E-state index contributed by atoms with van der Waals surface area (Å²) in [5, 5.41) is 11.5. The van der Waals surface area contributed by atoms with Crippen LogP contribution in [0, 0.1) is 0 Å². The summed E-state index contributed by atoms with van der Waals surface area (Å²) in [4.78, 5) is 34.3. The first-order valence-corrected chi connectivity index (χ1v) is 6.70. The fraction of sp³-hybridized carbons (Fsp3) is 0.400. The van der Waals surface area contributed by atoms with Gasteiger partial charge in [0.1, 0.15) is 11.6 Å². The molecule has 0 aliphatic carbocycles. The van der Waals surface area contributed by atoms with Crippen LogP contribution in [0.1, 0.15) is 36.7 Å². The molecule has 1 aromatic rings. The molecule has 4 N–H and O–H groups in total. The van der Waals surface area contributed by atoms with Crippen LogP contribution < -0.4 is 11.1 Å². The molecule has 0 aromatic heterocycles. The fourth-order valence-electron chi connectivity index (χ4n) is 1.81. The number of carbonyl (C=O) groups is 3. The van der Waals surface area contributed by atoms with Gasteiger partial charge in [-0.05, 0) is 32.4 Å². The van der Waals surface area contributed by atoms with Gasteiger partial charge in [0.05, 0.1) is 0 Å². The molecule has 0 unspecified atom stereocenters. The number of hydrogen-bond acceptors (Lipinski definition) is 4. The molecule has 120 valence electrons. The zero-order chi connectivity index (χ0) is 16.9. The highest BCUT2D eigenvalue weighted by atomic mass is 16.6. The molecule has 0 fully saturated rings. The van der Waals surface area contributed by atoms with E-state index in [-0.39, 0.29) is 12.0 Å². The highest BCUT2D eigenvalue weighted by Gasteiger charge is 2.25. The summed E-state index contributed by atoms with van der Waals surface area (Å²) in [5.74, 6) is -1.89. The Morgan fingerprint density at radius 3 is 2.36 bits per heavy atom. The Labute approximate surface area is 128 Å². The molecule has 0 saturated carbocycles. The molecule has 0 heterocycles. The van der Waals surface area contributed by atoms with E-state index in [0.29, 0.717) is 5.56 Å². The van der Waals surface area contributed by atoms with Crippen molar-refractivity contribution < 1.29 is 24.2 Å². The van der Waals surface area contributed by atoms with Crippen molar-refractivity contribution in [3.05, 3.63) is 35.4 Å². The average Bonchev–Trinajstić information content (AvgIpc) is 2.35. The predicted octanol–water partition coefficient (Wildman–Crippen LogP) is 1.31. The first-order valence-electron chi connectivity index (χ1n) is 6.70. The van der Waals surface area contributed by atoms with E-state index in [1.54, 1.807) is 39.0 Å². The molecule has 0 saturated heterocycles. The first kappa shape index (κ1) is 17.5. The molecule has 0 radical (unpaired) electrons. The number of amides is 2. The maximum atomic E-state index is 11.7. The van der Waals surface area contributed by atoms with Gasteiger partial charge in [-0.3, -0.25) is 4.79 Å². The van der Waals surface area contributed by atoms with Crippen LogP contribution in [0.5, 0.6) is 0 Å². The Kier molecular flexibility index (Phi) is 5.50. The highest BCUT2D eigenvalue weighted by Crippen LogP contribution is 2.12. The van der Waals surface area contributed by atoms with Crippen LogP contribution in [0.4, 0.5) is 4.79 Å². The van der Waals surface area contributed by atoms with Crippen LogP contribution >= 0.6 is 0 Å². The van der Waals surface area contributed by atoms with Gasteiger partial charge in [-0.2, -0.15) is 0 Å². The zero-order valence-electron chi connectivity index (χ0n) is 12.8. The number of rotatable bonds is 5. The lowest BCUT2D eigenvalue weighted by Crippen LogP contribution is -2.44. The summed E-state index contributed by atoms with van der Waals surface area (Å²) in [5.41, 5.74) is 5.18. The summed E-state index contributed by atoms with van der Waals surface area (Å²) < 4.78 is 5.03. The monoisotopic (exact) mass is 308 g/mol. The van der Waals surface area contributed by atoms with E-state index < -0.39 is 29.6 Å². The molecule has 7 nitrogen and oxygen atoms in total. The van der Waals surface area contributed by atoms with Crippen molar-refractivity contribution in [2.24, 2.45) is 5.73 Å². The Balaban J connectivity index is 2.88. The van der Waals surface area contributed by atoms with Crippen LogP contribution in [0.25, 0.3) is 0 Å². The minimum Gasteiger partial charge on any atom is -0.480 e. The molecule has 22 heavy (non-hydrogen) atoms. The number of nitrogens with one attached hydrogen (secondary N) is 1. The van der Waals surface area contributed by atoms with Gasteiger partial charge < -0.3 is 20.9 Å². The van der Waals surface area contributed by atoms with Crippen LogP contribution in [-0.2, 0) is 16.0 Å². The van der Waals surface area contributed by atoms with Crippen LogP contribution in [0.3, 0.4) is 0 Å². The number of benzene rings is 1. The molecular weight excluding hydrogens is 288 g/mol. The quantitative estimate of drug-likeness (QED) is 0.757. The van der Waals surface area contributed by atoms with E-state index in [0.717, 1.165) is 0 Å². The van der Waals surface area contributed by atoms with Gasteiger partial charge in [-0.1, -0.05) is 18.2 Å². The smallest absolute Gasteiger partial charge is 0.408 e. The van der Waals surface area contributed by atoms with Crippen molar-refractivity contribution in [2.75, 3.05) is 0 Å². The maximum Gasteiger partial charge on any atom is 0.408 e. The predicted molar refractivity (Wildman–Crippen MR) is 79.5 cm³/mol. The second-order valence-corrected chi connectivity index (χ2v) is 5.76. The number of ether oxygens (including phenoxy) is 1. The molecule has 0 spiro atoms. The summed E-state index contributed by atoms with van der Waals surface area (Å²) >= 11 is 0. The Bertz CT molecular complexity index is 578. The lowest BCUT2D eigenvalue weighted by Gasteiger charge is -2.22.